The van der Waals surface area contributed by atoms with Crippen LogP contribution in [-0.2, 0) is 0 Å². The van der Waals surface area contributed by atoms with Crippen LogP contribution in [0.2, 0.25) is 0 Å². The molecule has 0 aromatic carbocycles. The van der Waals surface area contributed by atoms with Gasteiger partial charge in [-0.1, -0.05) is 25.7 Å². The summed E-state index contributed by atoms with van der Waals surface area (Å²) in [6.07, 6.45) is 8.81. The van der Waals surface area contributed by atoms with Gasteiger partial charge in [-0.25, -0.2) is 0 Å². The second-order valence-electron chi connectivity index (χ2n) is 5.40. The molecule has 1 saturated carbocycles. The van der Waals surface area contributed by atoms with Gasteiger partial charge in [-0.15, -0.1) is 0 Å². The normalized spacial score (nSPS) is 29.6. The zero-order valence-electron chi connectivity index (χ0n) is 9.47. The van der Waals surface area contributed by atoms with Crippen molar-refractivity contribution in [1.82, 2.24) is 4.90 Å². The zero-order chi connectivity index (χ0) is 10.0. The van der Waals surface area contributed by atoms with Crippen LogP contribution in [0, 0.1) is 5.41 Å². The van der Waals surface area contributed by atoms with Crippen LogP contribution < -0.4 is 5.73 Å². The highest BCUT2D eigenvalue weighted by molar-refractivity contribution is 4.97. The summed E-state index contributed by atoms with van der Waals surface area (Å²) in [5, 5.41) is 0. The van der Waals surface area contributed by atoms with Crippen LogP contribution in [0.1, 0.15) is 45.4 Å². The maximum absolute atomic E-state index is 5.69. The van der Waals surface area contributed by atoms with Gasteiger partial charge in [-0.05, 0) is 25.2 Å². The smallest absolute Gasteiger partial charge is 0.0190 e. The van der Waals surface area contributed by atoms with Gasteiger partial charge in [-0.2, -0.15) is 0 Å². The molecule has 2 N–H and O–H groups in total. The van der Waals surface area contributed by atoms with Gasteiger partial charge in [0.1, 0.15) is 0 Å². The lowest BCUT2D eigenvalue weighted by molar-refractivity contribution is -0.0346. The van der Waals surface area contributed by atoms with Crippen molar-refractivity contribution in [2.45, 2.75) is 51.5 Å². The summed E-state index contributed by atoms with van der Waals surface area (Å²) >= 11 is 0. The van der Waals surface area contributed by atoms with E-state index in [9.17, 15) is 0 Å². The molecule has 1 aliphatic heterocycles. The molecular formula is C12H24N2. The molecule has 1 spiro atoms. The van der Waals surface area contributed by atoms with Crippen LogP contribution in [0.25, 0.3) is 0 Å². The Hall–Kier alpha value is -0.0800. The van der Waals surface area contributed by atoms with Gasteiger partial charge in [0, 0.05) is 25.7 Å². The molecule has 2 rings (SSSR count). The predicted molar refractivity (Wildman–Crippen MR) is 60.2 cm³/mol. The molecule has 1 atom stereocenters. The minimum absolute atomic E-state index is 0.601. The Bertz CT molecular complexity index is 175. The number of hydrogen-bond donors (Lipinski definition) is 1. The average molecular weight is 196 g/mol. The lowest BCUT2D eigenvalue weighted by Crippen LogP contribution is -2.60. The fraction of sp³-hybridized carbons (Fsp3) is 1.00. The van der Waals surface area contributed by atoms with Gasteiger partial charge in [0.05, 0.1) is 0 Å². The Balaban J connectivity index is 1.83. The number of hydrogen-bond acceptors (Lipinski definition) is 2. The summed E-state index contributed by atoms with van der Waals surface area (Å²) in [5.74, 6) is 0. The fourth-order valence-electron chi connectivity index (χ4n) is 3.07. The maximum atomic E-state index is 5.69. The van der Waals surface area contributed by atoms with Crippen molar-refractivity contribution in [3.8, 4) is 0 Å². The third-order valence-electron chi connectivity index (χ3n) is 4.21. The van der Waals surface area contributed by atoms with E-state index in [0.717, 1.165) is 6.54 Å². The Morgan fingerprint density at radius 2 is 1.71 bits per heavy atom. The lowest BCUT2D eigenvalue weighted by Gasteiger charge is -2.53. The molecule has 0 aromatic rings. The quantitative estimate of drug-likeness (QED) is 0.732. The number of nitrogens with two attached hydrogens (primary N) is 1. The second kappa shape index (κ2) is 4.19. The van der Waals surface area contributed by atoms with Crippen molar-refractivity contribution in [2.24, 2.45) is 11.1 Å². The molecule has 2 nitrogen and oxygen atoms in total. The highest BCUT2D eigenvalue weighted by Crippen LogP contribution is 2.43. The van der Waals surface area contributed by atoms with Crippen molar-refractivity contribution in [3.05, 3.63) is 0 Å². The van der Waals surface area contributed by atoms with Gasteiger partial charge in [0.25, 0.3) is 0 Å². The summed E-state index contributed by atoms with van der Waals surface area (Å²) in [4.78, 5) is 2.56. The Labute approximate surface area is 87.8 Å². The molecule has 0 aromatic heterocycles. The lowest BCUT2D eigenvalue weighted by atomic mass is 9.73. The van der Waals surface area contributed by atoms with Crippen LogP contribution in [0.15, 0.2) is 0 Å². The predicted octanol–water partition coefficient (Wildman–Crippen LogP) is 1.99. The standard InChI is InChI=1S/C12H24N2/c1-11(8-13)14-9-12(10-14)6-4-2-3-5-7-12/h11H,2-10,13H2,1H3. The van der Waals surface area contributed by atoms with Crippen molar-refractivity contribution >= 4 is 0 Å². The Kier molecular flexibility index (Phi) is 3.13. The van der Waals surface area contributed by atoms with Gasteiger partial charge < -0.3 is 5.73 Å². The van der Waals surface area contributed by atoms with Crippen molar-refractivity contribution < 1.29 is 0 Å². The SMILES string of the molecule is CC(CN)N1CC2(CCCCCC2)C1. The van der Waals surface area contributed by atoms with Crippen LogP contribution >= 0.6 is 0 Å². The second-order valence-corrected chi connectivity index (χ2v) is 5.40. The molecule has 0 bridgehead atoms. The molecule has 2 heteroatoms. The van der Waals surface area contributed by atoms with E-state index < -0.39 is 0 Å². The Morgan fingerprint density at radius 1 is 1.14 bits per heavy atom. The first-order valence-corrected chi connectivity index (χ1v) is 6.20. The minimum Gasteiger partial charge on any atom is -0.329 e. The van der Waals surface area contributed by atoms with E-state index in [2.05, 4.69) is 11.8 Å². The van der Waals surface area contributed by atoms with E-state index in [1.807, 2.05) is 0 Å². The molecule has 0 amide bonds. The van der Waals surface area contributed by atoms with Gasteiger partial charge in [-0.3, -0.25) is 4.90 Å². The van der Waals surface area contributed by atoms with E-state index in [0.29, 0.717) is 11.5 Å². The number of nitrogens with zero attached hydrogens (tertiary/aromatic N) is 1. The molecule has 1 heterocycles. The monoisotopic (exact) mass is 196 g/mol. The zero-order valence-corrected chi connectivity index (χ0v) is 9.47. The number of likely N-dealkylation sites (tertiary alicyclic amines) is 1. The first kappa shape index (κ1) is 10.4. The summed E-state index contributed by atoms with van der Waals surface area (Å²) < 4.78 is 0. The molecule has 14 heavy (non-hydrogen) atoms. The molecule has 1 aliphatic carbocycles. The van der Waals surface area contributed by atoms with E-state index in [-0.39, 0.29) is 0 Å². The third kappa shape index (κ3) is 1.96. The maximum Gasteiger partial charge on any atom is 0.0190 e. The summed E-state index contributed by atoms with van der Waals surface area (Å²) in [7, 11) is 0. The highest BCUT2D eigenvalue weighted by atomic mass is 15.2. The van der Waals surface area contributed by atoms with Gasteiger partial charge in [0.2, 0.25) is 0 Å². The van der Waals surface area contributed by atoms with Crippen LogP contribution in [0.3, 0.4) is 0 Å². The molecular weight excluding hydrogens is 172 g/mol. The van der Waals surface area contributed by atoms with Crippen molar-refractivity contribution in [2.75, 3.05) is 19.6 Å². The van der Waals surface area contributed by atoms with Crippen molar-refractivity contribution in [3.63, 3.8) is 0 Å². The summed E-state index contributed by atoms with van der Waals surface area (Å²) in [5.41, 5.74) is 6.40. The van der Waals surface area contributed by atoms with E-state index in [1.54, 1.807) is 0 Å². The molecule has 1 unspecified atom stereocenters. The highest BCUT2D eigenvalue weighted by Gasteiger charge is 2.43. The Morgan fingerprint density at radius 3 is 2.21 bits per heavy atom. The van der Waals surface area contributed by atoms with E-state index in [4.69, 9.17) is 5.73 Å². The molecule has 2 fully saturated rings. The molecule has 2 aliphatic rings. The van der Waals surface area contributed by atoms with E-state index >= 15 is 0 Å². The fourth-order valence-corrected chi connectivity index (χ4v) is 3.07. The number of rotatable bonds is 2. The first-order chi connectivity index (χ1) is 6.76. The molecule has 0 radical (unpaired) electrons. The molecule has 82 valence electrons. The van der Waals surface area contributed by atoms with Crippen molar-refractivity contribution in [1.29, 1.82) is 0 Å². The van der Waals surface area contributed by atoms with Crippen LogP contribution in [0.4, 0.5) is 0 Å². The largest absolute Gasteiger partial charge is 0.329 e. The third-order valence-corrected chi connectivity index (χ3v) is 4.21. The van der Waals surface area contributed by atoms with Gasteiger partial charge >= 0.3 is 0 Å². The minimum atomic E-state index is 0.601. The summed E-state index contributed by atoms with van der Waals surface area (Å²) in [6.45, 7) is 5.72. The van der Waals surface area contributed by atoms with Gasteiger partial charge in [0.15, 0.2) is 0 Å². The molecule has 1 saturated heterocycles. The van der Waals surface area contributed by atoms with Crippen LogP contribution in [-0.4, -0.2) is 30.6 Å². The summed E-state index contributed by atoms with van der Waals surface area (Å²) in [6, 6.07) is 0.601. The van der Waals surface area contributed by atoms with Crippen LogP contribution in [0.5, 0.6) is 0 Å². The average Bonchev–Trinajstić information content (AvgIpc) is 2.39. The van der Waals surface area contributed by atoms with E-state index in [1.165, 1.54) is 51.6 Å². The first-order valence-electron chi connectivity index (χ1n) is 6.20. The topological polar surface area (TPSA) is 29.3 Å².